The highest BCUT2D eigenvalue weighted by Crippen LogP contribution is 2.50. The number of nitriles is 1. The highest BCUT2D eigenvalue weighted by Gasteiger charge is 2.56. The molecule has 3 nitrogen and oxygen atoms in total. The van der Waals surface area contributed by atoms with E-state index in [2.05, 4.69) is 19.1 Å². The van der Waals surface area contributed by atoms with Crippen molar-refractivity contribution in [2.75, 3.05) is 6.61 Å². The van der Waals surface area contributed by atoms with Gasteiger partial charge in [-0.15, -0.1) is 0 Å². The Labute approximate surface area is 126 Å². The summed E-state index contributed by atoms with van der Waals surface area (Å²) in [6, 6.07) is 10.6. The molecule has 3 unspecified atom stereocenters. The SMILES string of the molecule is CCCC1CC(O)(C2(C#N)CCc3ccccc32)CCO1. The summed E-state index contributed by atoms with van der Waals surface area (Å²) in [6.45, 7) is 2.68. The van der Waals surface area contributed by atoms with Gasteiger partial charge in [-0.1, -0.05) is 37.6 Å². The fraction of sp³-hybridized carbons (Fsp3) is 0.611. The van der Waals surface area contributed by atoms with Crippen LogP contribution >= 0.6 is 0 Å². The van der Waals surface area contributed by atoms with Gasteiger partial charge in [0.05, 0.1) is 17.8 Å². The number of nitrogens with zero attached hydrogens (tertiary/aromatic N) is 1. The first-order valence-corrected chi connectivity index (χ1v) is 7.99. The summed E-state index contributed by atoms with van der Waals surface area (Å²) in [5, 5.41) is 21.3. The lowest BCUT2D eigenvalue weighted by atomic mass is 9.64. The molecule has 1 heterocycles. The number of hydrogen-bond donors (Lipinski definition) is 1. The molecule has 1 fully saturated rings. The summed E-state index contributed by atoms with van der Waals surface area (Å²) in [6.07, 6.45) is 4.79. The third kappa shape index (κ3) is 2.18. The Kier molecular flexibility index (Phi) is 3.77. The molecule has 3 atom stereocenters. The van der Waals surface area contributed by atoms with Crippen molar-refractivity contribution in [3.8, 4) is 6.07 Å². The summed E-state index contributed by atoms with van der Waals surface area (Å²) in [5.41, 5.74) is 0.518. The van der Waals surface area contributed by atoms with Crippen LogP contribution in [0.25, 0.3) is 0 Å². The Balaban J connectivity index is 1.99. The van der Waals surface area contributed by atoms with Gasteiger partial charge in [-0.3, -0.25) is 0 Å². The number of fused-ring (bicyclic) bond motifs is 1. The lowest BCUT2D eigenvalue weighted by Crippen LogP contribution is -2.55. The zero-order valence-corrected chi connectivity index (χ0v) is 12.6. The molecular formula is C18H23NO2. The molecule has 0 amide bonds. The van der Waals surface area contributed by atoms with E-state index in [-0.39, 0.29) is 6.10 Å². The van der Waals surface area contributed by atoms with Gasteiger partial charge in [0.25, 0.3) is 0 Å². The number of ether oxygens (including phenoxy) is 1. The van der Waals surface area contributed by atoms with Crippen molar-refractivity contribution in [1.29, 1.82) is 5.26 Å². The van der Waals surface area contributed by atoms with E-state index in [1.807, 2.05) is 18.2 Å². The maximum Gasteiger partial charge on any atom is 0.112 e. The van der Waals surface area contributed by atoms with E-state index >= 15 is 0 Å². The van der Waals surface area contributed by atoms with Gasteiger partial charge in [-0.25, -0.2) is 0 Å². The average Bonchev–Trinajstić information content (AvgIpc) is 2.88. The topological polar surface area (TPSA) is 53.2 Å². The number of aryl methyl sites for hydroxylation is 1. The van der Waals surface area contributed by atoms with Crippen molar-refractivity contribution in [2.24, 2.45) is 0 Å². The summed E-state index contributed by atoms with van der Waals surface area (Å²) in [7, 11) is 0. The zero-order chi connectivity index (χ0) is 14.9. The number of benzene rings is 1. The van der Waals surface area contributed by atoms with E-state index < -0.39 is 11.0 Å². The lowest BCUT2D eigenvalue weighted by molar-refractivity contribution is -0.132. The quantitative estimate of drug-likeness (QED) is 0.928. The van der Waals surface area contributed by atoms with E-state index in [1.54, 1.807) is 0 Å². The smallest absolute Gasteiger partial charge is 0.112 e. The van der Waals surface area contributed by atoms with E-state index in [4.69, 9.17) is 4.74 Å². The second-order valence-corrected chi connectivity index (χ2v) is 6.44. The van der Waals surface area contributed by atoms with Crippen LogP contribution in [0, 0.1) is 11.3 Å². The van der Waals surface area contributed by atoms with Crippen LogP contribution in [0.2, 0.25) is 0 Å². The molecule has 1 aromatic rings. The Morgan fingerprint density at radius 1 is 1.38 bits per heavy atom. The molecule has 1 saturated heterocycles. The first kappa shape index (κ1) is 14.6. The highest BCUT2D eigenvalue weighted by atomic mass is 16.5. The number of rotatable bonds is 3. The van der Waals surface area contributed by atoms with Gasteiger partial charge in [0.1, 0.15) is 5.41 Å². The molecule has 0 aromatic heterocycles. The first-order chi connectivity index (χ1) is 10.1. The molecule has 3 heteroatoms. The van der Waals surface area contributed by atoms with Gasteiger partial charge in [0.2, 0.25) is 0 Å². The Morgan fingerprint density at radius 3 is 2.95 bits per heavy atom. The van der Waals surface area contributed by atoms with Crippen molar-refractivity contribution < 1.29 is 9.84 Å². The monoisotopic (exact) mass is 285 g/mol. The van der Waals surface area contributed by atoms with Gasteiger partial charge in [0, 0.05) is 19.4 Å². The van der Waals surface area contributed by atoms with E-state index in [9.17, 15) is 10.4 Å². The predicted molar refractivity (Wildman–Crippen MR) is 80.9 cm³/mol. The van der Waals surface area contributed by atoms with Gasteiger partial charge in [0.15, 0.2) is 0 Å². The van der Waals surface area contributed by atoms with Crippen molar-refractivity contribution in [1.82, 2.24) is 0 Å². The summed E-state index contributed by atoms with van der Waals surface area (Å²) < 4.78 is 5.78. The Morgan fingerprint density at radius 2 is 2.19 bits per heavy atom. The number of aliphatic hydroxyl groups is 1. The molecule has 0 saturated carbocycles. The molecule has 1 N–H and O–H groups in total. The summed E-state index contributed by atoms with van der Waals surface area (Å²) in [5.74, 6) is 0. The van der Waals surface area contributed by atoms with Crippen molar-refractivity contribution in [3.05, 3.63) is 35.4 Å². The fourth-order valence-electron chi connectivity index (χ4n) is 4.14. The van der Waals surface area contributed by atoms with E-state index in [0.717, 1.165) is 31.2 Å². The molecule has 0 spiro atoms. The molecule has 1 aliphatic carbocycles. The second-order valence-electron chi connectivity index (χ2n) is 6.44. The third-order valence-electron chi connectivity index (χ3n) is 5.28. The normalized spacial score (nSPS) is 35.2. The van der Waals surface area contributed by atoms with Crippen molar-refractivity contribution in [3.63, 3.8) is 0 Å². The van der Waals surface area contributed by atoms with Crippen LogP contribution in [-0.4, -0.2) is 23.4 Å². The number of hydrogen-bond acceptors (Lipinski definition) is 3. The molecular weight excluding hydrogens is 262 g/mol. The first-order valence-electron chi connectivity index (χ1n) is 7.99. The molecule has 0 bridgehead atoms. The average molecular weight is 285 g/mol. The molecule has 21 heavy (non-hydrogen) atoms. The fourth-order valence-corrected chi connectivity index (χ4v) is 4.14. The molecule has 112 valence electrons. The van der Waals surface area contributed by atoms with Gasteiger partial charge in [-0.2, -0.15) is 5.26 Å². The van der Waals surface area contributed by atoms with E-state index in [1.165, 1.54) is 5.56 Å². The minimum absolute atomic E-state index is 0.0757. The molecule has 0 radical (unpaired) electrons. The van der Waals surface area contributed by atoms with Gasteiger partial charge in [-0.05, 0) is 30.4 Å². The van der Waals surface area contributed by atoms with Crippen LogP contribution in [0.15, 0.2) is 24.3 Å². The summed E-state index contributed by atoms with van der Waals surface area (Å²) in [4.78, 5) is 0. The van der Waals surface area contributed by atoms with Crippen LogP contribution in [0.3, 0.4) is 0 Å². The maximum absolute atomic E-state index is 11.4. The molecule has 1 aromatic carbocycles. The maximum atomic E-state index is 11.4. The lowest BCUT2D eigenvalue weighted by Gasteiger charge is -2.46. The largest absolute Gasteiger partial charge is 0.388 e. The van der Waals surface area contributed by atoms with Crippen LogP contribution in [0.1, 0.15) is 50.2 Å². The summed E-state index contributed by atoms with van der Waals surface area (Å²) >= 11 is 0. The van der Waals surface area contributed by atoms with Crippen LogP contribution < -0.4 is 0 Å². The van der Waals surface area contributed by atoms with Crippen LogP contribution in [0.5, 0.6) is 0 Å². The minimum atomic E-state index is -0.966. The van der Waals surface area contributed by atoms with Gasteiger partial charge >= 0.3 is 0 Å². The Bertz CT molecular complexity index is 563. The predicted octanol–water partition coefficient (Wildman–Crippen LogP) is 3.10. The standard InChI is InChI=1S/C18H23NO2/c1-2-5-15-12-18(20,10-11-21-15)17(13-19)9-8-14-6-3-4-7-16(14)17/h3-4,6-7,15,20H,2,5,8-12H2,1H3. The van der Waals surface area contributed by atoms with Crippen molar-refractivity contribution >= 4 is 0 Å². The third-order valence-corrected chi connectivity index (χ3v) is 5.28. The minimum Gasteiger partial charge on any atom is -0.388 e. The molecule has 3 rings (SSSR count). The zero-order valence-electron chi connectivity index (χ0n) is 12.6. The van der Waals surface area contributed by atoms with Crippen molar-refractivity contribution in [2.45, 2.75) is 62.6 Å². The molecule has 2 aliphatic rings. The Hall–Kier alpha value is -1.37. The molecule has 1 aliphatic heterocycles. The van der Waals surface area contributed by atoms with Gasteiger partial charge < -0.3 is 9.84 Å². The van der Waals surface area contributed by atoms with Crippen LogP contribution in [0.4, 0.5) is 0 Å². The van der Waals surface area contributed by atoms with Crippen LogP contribution in [-0.2, 0) is 16.6 Å². The van der Waals surface area contributed by atoms with E-state index in [0.29, 0.717) is 19.4 Å². The second kappa shape index (κ2) is 5.44. The highest BCUT2D eigenvalue weighted by molar-refractivity contribution is 5.47.